The zero-order valence-corrected chi connectivity index (χ0v) is 10.7. The second-order valence-corrected chi connectivity index (χ2v) is 4.03. The van der Waals surface area contributed by atoms with Crippen LogP contribution in [0.25, 0.3) is 0 Å². The Kier molecular flexibility index (Phi) is 4.60. The van der Waals surface area contributed by atoms with Crippen LogP contribution < -0.4 is 10.1 Å². The second-order valence-electron chi connectivity index (χ2n) is 4.03. The summed E-state index contributed by atoms with van der Waals surface area (Å²) >= 11 is 0. The minimum Gasteiger partial charge on any atom is -0.435 e. The molecular formula is C13H11F2N3O3. The van der Waals surface area contributed by atoms with E-state index in [1.165, 1.54) is 24.3 Å². The number of hydrogen-bond acceptors (Lipinski definition) is 5. The summed E-state index contributed by atoms with van der Waals surface area (Å²) in [6.45, 7) is -2.45. The van der Waals surface area contributed by atoms with E-state index in [0.717, 1.165) is 11.8 Å². The van der Waals surface area contributed by atoms with Gasteiger partial charge in [-0.2, -0.15) is 8.78 Å². The van der Waals surface area contributed by atoms with Crippen molar-refractivity contribution in [2.24, 2.45) is 0 Å². The molecular weight excluding hydrogens is 284 g/mol. The summed E-state index contributed by atoms with van der Waals surface area (Å²) in [6.07, 6.45) is 1.15. The van der Waals surface area contributed by atoms with E-state index in [1.54, 1.807) is 12.1 Å². The van der Waals surface area contributed by atoms with E-state index < -0.39 is 11.5 Å². The monoisotopic (exact) mass is 295 g/mol. The molecule has 1 heterocycles. The molecule has 0 aliphatic rings. The molecule has 0 atom stereocenters. The van der Waals surface area contributed by atoms with Crippen molar-refractivity contribution in [2.45, 2.75) is 13.2 Å². The predicted octanol–water partition coefficient (Wildman–Crippen LogP) is 3.20. The van der Waals surface area contributed by atoms with Crippen molar-refractivity contribution in [3.63, 3.8) is 0 Å². The van der Waals surface area contributed by atoms with Crippen LogP contribution in [0.5, 0.6) is 5.75 Å². The van der Waals surface area contributed by atoms with Crippen LogP contribution in [0.4, 0.5) is 20.3 Å². The number of anilines is 1. The molecule has 1 aromatic carbocycles. The topological polar surface area (TPSA) is 77.3 Å². The molecule has 0 saturated heterocycles. The van der Waals surface area contributed by atoms with E-state index in [2.05, 4.69) is 15.0 Å². The minimum absolute atomic E-state index is 0.0854. The lowest BCUT2D eigenvalue weighted by molar-refractivity contribution is -0.385. The molecule has 0 bridgehead atoms. The third-order valence-electron chi connectivity index (χ3n) is 2.58. The van der Waals surface area contributed by atoms with Crippen molar-refractivity contribution < 1.29 is 18.4 Å². The molecule has 1 aromatic heterocycles. The van der Waals surface area contributed by atoms with Crippen molar-refractivity contribution in [1.82, 2.24) is 4.98 Å². The van der Waals surface area contributed by atoms with Crippen molar-refractivity contribution in [3.05, 3.63) is 58.3 Å². The minimum atomic E-state index is -2.85. The number of alkyl halides is 2. The molecule has 0 radical (unpaired) electrons. The van der Waals surface area contributed by atoms with Crippen LogP contribution in [0, 0.1) is 10.1 Å². The highest BCUT2D eigenvalue weighted by atomic mass is 19.3. The normalized spacial score (nSPS) is 10.4. The van der Waals surface area contributed by atoms with Gasteiger partial charge in [-0.3, -0.25) is 10.1 Å². The first-order chi connectivity index (χ1) is 10.0. The van der Waals surface area contributed by atoms with Gasteiger partial charge in [0.05, 0.1) is 4.92 Å². The van der Waals surface area contributed by atoms with Crippen molar-refractivity contribution >= 4 is 11.5 Å². The number of nitro groups is 1. The SMILES string of the molecule is O=[N+]([O-])c1ccc(NCc2ccc(OC(F)F)cc2)nc1. The van der Waals surface area contributed by atoms with E-state index in [1.807, 2.05) is 0 Å². The number of ether oxygens (including phenoxy) is 1. The Balaban J connectivity index is 1.91. The van der Waals surface area contributed by atoms with E-state index in [0.29, 0.717) is 12.4 Å². The van der Waals surface area contributed by atoms with Crippen LogP contribution in [-0.4, -0.2) is 16.5 Å². The first kappa shape index (κ1) is 14.6. The van der Waals surface area contributed by atoms with Crippen molar-refractivity contribution in [3.8, 4) is 5.75 Å². The van der Waals surface area contributed by atoms with Crippen LogP contribution in [0.15, 0.2) is 42.6 Å². The first-order valence-electron chi connectivity index (χ1n) is 5.92. The maximum Gasteiger partial charge on any atom is 0.387 e. The Bertz CT molecular complexity index is 603. The third-order valence-corrected chi connectivity index (χ3v) is 2.58. The predicted molar refractivity (Wildman–Crippen MR) is 71.3 cm³/mol. The van der Waals surface area contributed by atoms with Gasteiger partial charge in [0.1, 0.15) is 17.8 Å². The Labute approximate surface area is 118 Å². The van der Waals surface area contributed by atoms with Gasteiger partial charge in [0.2, 0.25) is 0 Å². The summed E-state index contributed by atoms with van der Waals surface area (Å²) in [6, 6.07) is 8.98. The summed E-state index contributed by atoms with van der Waals surface area (Å²) in [5.74, 6) is 0.565. The second kappa shape index (κ2) is 6.60. The number of nitrogens with zero attached hydrogens (tertiary/aromatic N) is 2. The van der Waals surface area contributed by atoms with Gasteiger partial charge < -0.3 is 10.1 Å². The summed E-state index contributed by atoms with van der Waals surface area (Å²) in [5, 5.41) is 13.4. The smallest absolute Gasteiger partial charge is 0.387 e. The molecule has 21 heavy (non-hydrogen) atoms. The molecule has 8 heteroatoms. The van der Waals surface area contributed by atoms with Gasteiger partial charge in [-0.1, -0.05) is 12.1 Å². The maximum atomic E-state index is 12.0. The third kappa shape index (κ3) is 4.37. The lowest BCUT2D eigenvalue weighted by atomic mass is 10.2. The highest BCUT2D eigenvalue weighted by Gasteiger charge is 2.06. The quantitative estimate of drug-likeness (QED) is 0.654. The van der Waals surface area contributed by atoms with Gasteiger partial charge in [-0.05, 0) is 23.8 Å². The number of pyridine rings is 1. The summed E-state index contributed by atoms with van der Waals surface area (Å²) < 4.78 is 28.2. The summed E-state index contributed by atoms with van der Waals surface area (Å²) in [7, 11) is 0. The van der Waals surface area contributed by atoms with Crippen LogP contribution in [0.3, 0.4) is 0 Å². The molecule has 0 unspecified atom stereocenters. The van der Waals surface area contributed by atoms with E-state index in [4.69, 9.17) is 0 Å². The molecule has 0 fully saturated rings. The maximum absolute atomic E-state index is 12.0. The molecule has 0 saturated carbocycles. The van der Waals surface area contributed by atoms with Gasteiger partial charge in [0.15, 0.2) is 0 Å². The Hall–Kier alpha value is -2.77. The zero-order valence-electron chi connectivity index (χ0n) is 10.7. The molecule has 0 aliphatic heterocycles. The van der Waals surface area contributed by atoms with Gasteiger partial charge in [0.25, 0.3) is 5.69 Å². The number of aromatic nitrogens is 1. The standard InChI is InChI=1S/C13H11F2N3O3/c14-13(15)21-11-4-1-9(2-5-11)7-16-12-6-3-10(8-17-12)18(19)20/h1-6,8,13H,7H2,(H,16,17). The van der Waals surface area contributed by atoms with Crippen LogP contribution in [0.1, 0.15) is 5.56 Å². The molecule has 0 spiro atoms. The Morgan fingerprint density at radius 1 is 1.24 bits per heavy atom. The van der Waals surface area contributed by atoms with Gasteiger partial charge in [-0.15, -0.1) is 0 Å². The molecule has 1 N–H and O–H groups in total. The molecule has 0 amide bonds. The first-order valence-corrected chi connectivity index (χ1v) is 5.92. The van der Waals surface area contributed by atoms with Gasteiger partial charge in [-0.25, -0.2) is 4.98 Å². The zero-order chi connectivity index (χ0) is 15.2. The fourth-order valence-corrected chi connectivity index (χ4v) is 1.58. The average Bonchev–Trinajstić information content (AvgIpc) is 2.46. The highest BCUT2D eigenvalue weighted by molar-refractivity contribution is 5.41. The molecule has 0 aliphatic carbocycles. The van der Waals surface area contributed by atoms with E-state index in [9.17, 15) is 18.9 Å². The Morgan fingerprint density at radius 2 is 1.95 bits per heavy atom. The summed E-state index contributed by atoms with van der Waals surface area (Å²) in [5.41, 5.74) is 0.741. The largest absolute Gasteiger partial charge is 0.435 e. The summed E-state index contributed by atoms with van der Waals surface area (Å²) in [4.78, 5) is 13.8. The van der Waals surface area contributed by atoms with Gasteiger partial charge in [0, 0.05) is 12.6 Å². The fourth-order valence-electron chi connectivity index (χ4n) is 1.58. The number of hydrogen-bond donors (Lipinski definition) is 1. The van der Waals surface area contributed by atoms with Crippen molar-refractivity contribution in [2.75, 3.05) is 5.32 Å². The average molecular weight is 295 g/mol. The lowest BCUT2D eigenvalue weighted by Crippen LogP contribution is -2.03. The molecule has 110 valence electrons. The van der Waals surface area contributed by atoms with E-state index >= 15 is 0 Å². The number of rotatable bonds is 6. The highest BCUT2D eigenvalue weighted by Crippen LogP contribution is 2.16. The van der Waals surface area contributed by atoms with E-state index in [-0.39, 0.29) is 11.4 Å². The Morgan fingerprint density at radius 3 is 2.48 bits per heavy atom. The number of halogens is 2. The molecule has 2 aromatic rings. The number of benzene rings is 1. The fraction of sp³-hybridized carbons (Fsp3) is 0.154. The molecule has 2 rings (SSSR count). The lowest BCUT2D eigenvalue weighted by Gasteiger charge is -2.07. The van der Waals surface area contributed by atoms with Crippen LogP contribution in [-0.2, 0) is 6.54 Å². The number of nitrogens with one attached hydrogen (secondary N) is 1. The molecule has 6 nitrogen and oxygen atoms in total. The van der Waals surface area contributed by atoms with Crippen LogP contribution in [0.2, 0.25) is 0 Å². The van der Waals surface area contributed by atoms with Crippen molar-refractivity contribution in [1.29, 1.82) is 0 Å². The van der Waals surface area contributed by atoms with Crippen LogP contribution >= 0.6 is 0 Å². The van der Waals surface area contributed by atoms with Gasteiger partial charge >= 0.3 is 6.61 Å².